The normalized spacial score (nSPS) is 23.5. The van der Waals surface area contributed by atoms with Crippen molar-refractivity contribution in [3.63, 3.8) is 0 Å². The van der Waals surface area contributed by atoms with Crippen molar-refractivity contribution in [3.8, 4) is 23.0 Å². The van der Waals surface area contributed by atoms with Crippen molar-refractivity contribution in [1.29, 1.82) is 0 Å². The summed E-state index contributed by atoms with van der Waals surface area (Å²) in [7, 11) is 7.30. The Bertz CT molecular complexity index is 864. The highest BCUT2D eigenvalue weighted by atomic mass is 16.5. The van der Waals surface area contributed by atoms with Crippen molar-refractivity contribution in [2.45, 2.75) is 25.4 Å². The van der Waals surface area contributed by atoms with E-state index in [0.717, 1.165) is 47.5 Å². The Morgan fingerprint density at radius 1 is 1.00 bits per heavy atom. The molecule has 0 saturated heterocycles. The fourth-order valence-electron chi connectivity index (χ4n) is 4.67. The van der Waals surface area contributed by atoms with Gasteiger partial charge in [0.25, 0.3) is 0 Å². The van der Waals surface area contributed by atoms with Gasteiger partial charge in [-0.2, -0.15) is 0 Å². The topological polar surface area (TPSA) is 47.9 Å². The van der Waals surface area contributed by atoms with Gasteiger partial charge in [0.05, 0.1) is 40.5 Å². The van der Waals surface area contributed by atoms with Crippen LogP contribution in [0.15, 0.2) is 24.3 Å². The van der Waals surface area contributed by atoms with E-state index in [-0.39, 0.29) is 5.75 Å². The maximum atomic E-state index is 10.2. The lowest BCUT2D eigenvalue weighted by molar-refractivity contribution is -0.956. The van der Waals surface area contributed by atoms with Gasteiger partial charge in [-0.25, -0.2) is 0 Å². The third-order valence-electron chi connectivity index (χ3n) is 6.12. The van der Waals surface area contributed by atoms with Crippen LogP contribution in [0.25, 0.3) is 0 Å². The van der Waals surface area contributed by atoms with Crippen molar-refractivity contribution in [2.75, 3.05) is 34.9 Å². The molecule has 0 aliphatic carbocycles. The number of aromatic hydroxyl groups is 1. The third-order valence-corrected chi connectivity index (χ3v) is 6.12. The summed E-state index contributed by atoms with van der Waals surface area (Å²) in [6.45, 7) is 1.90. The number of rotatable bonds is 3. The maximum absolute atomic E-state index is 10.2. The minimum atomic E-state index is 0.222. The van der Waals surface area contributed by atoms with Crippen molar-refractivity contribution in [2.24, 2.45) is 0 Å². The zero-order valence-electron chi connectivity index (χ0n) is 15.8. The minimum Gasteiger partial charge on any atom is -0.504 e. The maximum Gasteiger partial charge on any atom is 0.169 e. The average molecular weight is 356 g/mol. The van der Waals surface area contributed by atoms with Crippen LogP contribution < -0.4 is 14.2 Å². The molecule has 2 aromatic carbocycles. The molecule has 0 amide bonds. The number of phenols is 1. The second-order valence-electron chi connectivity index (χ2n) is 7.49. The second-order valence-corrected chi connectivity index (χ2v) is 7.49. The largest absolute Gasteiger partial charge is 0.504 e. The van der Waals surface area contributed by atoms with E-state index >= 15 is 0 Å². The molecule has 0 radical (unpaired) electrons. The monoisotopic (exact) mass is 356 g/mol. The number of fused-ring (bicyclic) bond motifs is 4. The Morgan fingerprint density at radius 3 is 2.42 bits per heavy atom. The Morgan fingerprint density at radius 2 is 1.73 bits per heavy atom. The SMILES string of the molecule is COc1cc2c(cc1OC)[C@H]1Cc3ccc(O)c(OC)c3C[N+]1(C)CC2. The van der Waals surface area contributed by atoms with E-state index in [1.807, 2.05) is 6.07 Å². The van der Waals surface area contributed by atoms with Gasteiger partial charge in [-0.15, -0.1) is 0 Å². The standard InChI is InChI=1S/C21H25NO4/c1-22-8-7-14-10-19(24-2)20(25-3)11-15(14)17(22)9-13-5-6-18(23)21(26-4)16(13)12-22/h5-6,10-11,17H,7-9,12H2,1-4H3/p+1/t17-,22?/m1/s1. The first-order valence-corrected chi connectivity index (χ1v) is 8.97. The molecule has 26 heavy (non-hydrogen) atoms. The Kier molecular flexibility index (Phi) is 3.99. The molecule has 2 aliphatic rings. The molecule has 0 aromatic heterocycles. The first kappa shape index (κ1) is 17.0. The zero-order valence-corrected chi connectivity index (χ0v) is 15.8. The predicted molar refractivity (Wildman–Crippen MR) is 99.1 cm³/mol. The number of benzene rings is 2. The van der Waals surface area contributed by atoms with Crippen LogP contribution >= 0.6 is 0 Å². The van der Waals surface area contributed by atoms with E-state index in [9.17, 15) is 5.11 Å². The molecule has 138 valence electrons. The lowest BCUT2D eigenvalue weighted by Gasteiger charge is -2.49. The van der Waals surface area contributed by atoms with Crippen molar-refractivity contribution in [3.05, 3.63) is 46.5 Å². The molecule has 2 heterocycles. The summed E-state index contributed by atoms with van der Waals surface area (Å²) in [5, 5.41) is 10.2. The van der Waals surface area contributed by atoms with E-state index in [4.69, 9.17) is 14.2 Å². The van der Waals surface area contributed by atoms with Crippen molar-refractivity contribution < 1.29 is 23.8 Å². The number of nitrogens with zero attached hydrogens (tertiary/aromatic N) is 1. The van der Waals surface area contributed by atoms with Crippen LogP contribution in [0.1, 0.15) is 28.3 Å². The Labute approximate surface area is 154 Å². The molecule has 1 N–H and O–H groups in total. The fourth-order valence-corrected chi connectivity index (χ4v) is 4.67. The Hall–Kier alpha value is -2.40. The van der Waals surface area contributed by atoms with Crippen LogP contribution in [-0.4, -0.2) is 44.5 Å². The lowest BCUT2D eigenvalue weighted by atomic mass is 9.81. The summed E-state index contributed by atoms with van der Waals surface area (Å²) >= 11 is 0. The Balaban J connectivity index is 1.83. The zero-order chi connectivity index (χ0) is 18.5. The lowest BCUT2D eigenvalue weighted by Crippen LogP contribution is -2.53. The molecular formula is C21H26NO4+. The van der Waals surface area contributed by atoms with Crippen LogP contribution in [0.2, 0.25) is 0 Å². The highest BCUT2D eigenvalue weighted by molar-refractivity contribution is 5.53. The summed E-state index contributed by atoms with van der Waals surface area (Å²) in [5.74, 6) is 2.43. The molecule has 2 atom stereocenters. The molecule has 0 saturated carbocycles. The molecule has 4 rings (SSSR count). The molecule has 0 bridgehead atoms. The number of quaternary nitrogens is 1. The van der Waals surface area contributed by atoms with Crippen LogP contribution in [0.3, 0.4) is 0 Å². The van der Waals surface area contributed by atoms with Crippen molar-refractivity contribution >= 4 is 0 Å². The smallest absolute Gasteiger partial charge is 0.169 e. The number of hydrogen-bond acceptors (Lipinski definition) is 4. The number of hydrogen-bond donors (Lipinski definition) is 1. The van der Waals surface area contributed by atoms with Crippen LogP contribution in [0.5, 0.6) is 23.0 Å². The van der Waals surface area contributed by atoms with Gasteiger partial charge in [0, 0.05) is 18.4 Å². The van der Waals surface area contributed by atoms with E-state index in [1.165, 1.54) is 16.7 Å². The molecule has 1 unspecified atom stereocenters. The van der Waals surface area contributed by atoms with Crippen LogP contribution in [0, 0.1) is 0 Å². The number of likely N-dealkylation sites (N-methyl/N-ethyl adjacent to an activating group) is 1. The molecule has 2 aliphatic heterocycles. The van der Waals surface area contributed by atoms with Gasteiger partial charge >= 0.3 is 0 Å². The highest BCUT2D eigenvalue weighted by Crippen LogP contribution is 2.48. The van der Waals surface area contributed by atoms with Gasteiger partial charge in [-0.3, -0.25) is 0 Å². The number of phenolic OH excluding ortho intramolecular Hbond substituents is 1. The molecule has 5 nitrogen and oxygen atoms in total. The predicted octanol–water partition coefficient (Wildman–Crippen LogP) is 3.22. The van der Waals surface area contributed by atoms with Crippen LogP contribution in [-0.2, 0) is 19.4 Å². The fraction of sp³-hybridized carbons (Fsp3) is 0.429. The van der Waals surface area contributed by atoms with Gasteiger partial charge in [0.1, 0.15) is 12.6 Å². The van der Waals surface area contributed by atoms with E-state index in [0.29, 0.717) is 11.8 Å². The molecule has 5 heteroatoms. The number of ether oxygens (including phenoxy) is 3. The van der Waals surface area contributed by atoms with E-state index < -0.39 is 0 Å². The van der Waals surface area contributed by atoms with Gasteiger partial charge in [0.15, 0.2) is 23.0 Å². The van der Waals surface area contributed by atoms with E-state index in [2.05, 4.69) is 19.2 Å². The highest BCUT2D eigenvalue weighted by Gasteiger charge is 2.44. The molecular weight excluding hydrogens is 330 g/mol. The minimum absolute atomic E-state index is 0.222. The molecule has 2 aromatic rings. The van der Waals surface area contributed by atoms with Gasteiger partial charge in [-0.1, -0.05) is 6.07 Å². The quantitative estimate of drug-likeness (QED) is 0.858. The summed E-state index contributed by atoms with van der Waals surface area (Å²) in [6.07, 6.45) is 1.92. The van der Waals surface area contributed by atoms with Gasteiger partial charge < -0.3 is 23.8 Å². The summed E-state index contributed by atoms with van der Waals surface area (Å²) in [5.41, 5.74) is 5.07. The first-order valence-electron chi connectivity index (χ1n) is 8.97. The summed E-state index contributed by atoms with van der Waals surface area (Å²) < 4.78 is 17.5. The summed E-state index contributed by atoms with van der Waals surface area (Å²) in [4.78, 5) is 0. The molecule has 0 spiro atoms. The van der Waals surface area contributed by atoms with Gasteiger partial charge in [-0.05, 0) is 29.3 Å². The van der Waals surface area contributed by atoms with Crippen molar-refractivity contribution in [1.82, 2.24) is 0 Å². The van der Waals surface area contributed by atoms with Crippen LogP contribution in [0.4, 0.5) is 0 Å². The molecule has 0 fully saturated rings. The van der Waals surface area contributed by atoms with E-state index in [1.54, 1.807) is 27.4 Å². The third kappa shape index (κ3) is 2.42. The number of methoxy groups -OCH3 is 3. The van der Waals surface area contributed by atoms with Gasteiger partial charge in [0.2, 0.25) is 0 Å². The summed E-state index contributed by atoms with van der Waals surface area (Å²) in [6, 6.07) is 8.42. The second kappa shape index (κ2) is 6.09. The average Bonchev–Trinajstić information content (AvgIpc) is 2.65. The first-order chi connectivity index (χ1) is 12.5.